The summed E-state index contributed by atoms with van der Waals surface area (Å²) < 4.78 is 1.27. The van der Waals surface area contributed by atoms with Gasteiger partial charge in [-0.2, -0.15) is 5.10 Å². The van der Waals surface area contributed by atoms with Crippen LogP contribution >= 0.6 is 11.8 Å². The normalized spacial score (nSPS) is 10.8. The Labute approximate surface area is 201 Å². The van der Waals surface area contributed by atoms with Gasteiger partial charge in [0.1, 0.15) is 0 Å². The molecule has 4 rings (SSSR count). The minimum absolute atomic E-state index is 0.0635. The Kier molecular flexibility index (Phi) is 7.08. The SMILES string of the molecule is Cc1ccc(C)c(SCC(=O)NNC(=O)c2nn(Cc3ccccc3)c(=O)c3ccccc23)c1. The summed E-state index contributed by atoms with van der Waals surface area (Å²) >= 11 is 1.40. The molecule has 1 aromatic heterocycles. The van der Waals surface area contributed by atoms with Crippen LogP contribution in [0.4, 0.5) is 0 Å². The average molecular weight is 473 g/mol. The van der Waals surface area contributed by atoms with E-state index in [2.05, 4.69) is 16.0 Å². The number of carbonyl (C=O) groups excluding carboxylic acids is 2. The Hall–Kier alpha value is -3.91. The number of carbonyl (C=O) groups is 2. The van der Waals surface area contributed by atoms with E-state index < -0.39 is 5.91 Å². The van der Waals surface area contributed by atoms with Crippen LogP contribution in [0.3, 0.4) is 0 Å². The van der Waals surface area contributed by atoms with Crippen LogP contribution in [0.1, 0.15) is 27.2 Å². The van der Waals surface area contributed by atoms with Crippen molar-refractivity contribution in [1.82, 2.24) is 20.6 Å². The second kappa shape index (κ2) is 10.4. The van der Waals surface area contributed by atoms with Crippen LogP contribution in [0.5, 0.6) is 0 Å². The topological polar surface area (TPSA) is 93.1 Å². The lowest BCUT2D eigenvalue weighted by Gasteiger charge is -2.12. The third-order valence-electron chi connectivity index (χ3n) is 5.28. The minimum Gasteiger partial charge on any atom is -0.272 e. The van der Waals surface area contributed by atoms with Crippen LogP contribution in [-0.4, -0.2) is 27.3 Å². The molecule has 0 atom stereocenters. The zero-order valence-corrected chi connectivity index (χ0v) is 19.7. The summed E-state index contributed by atoms with van der Waals surface area (Å²) in [6.45, 7) is 4.21. The van der Waals surface area contributed by atoms with E-state index in [1.165, 1.54) is 16.4 Å². The van der Waals surface area contributed by atoms with E-state index >= 15 is 0 Å². The van der Waals surface area contributed by atoms with E-state index in [0.29, 0.717) is 10.8 Å². The molecule has 0 saturated heterocycles. The Morgan fingerprint density at radius 1 is 0.912 bits per heavy atom. The first-order valence-corrected chi connectivity index (χ1v) is 11.7. The van der Waals surface area contributed by atoms with Gasteiger partial charge in [0.2, 0.25) is 5.91 Å². The molecule has 0 fully saturated rings. The number of aryl methyl sites for hydroxylation is 2. The summed E-state index contributed by atoms with van der Waals surface area (Å²) in [7, 11) is 0. The molecule has 7 nitrogen and oxygen atoms in total. The molecule has 0 aliphatic rings. The maximum atomic E-state index is 12.9. The lowest BCUT2D eigenvalue weighted by atomic mass is 10.1. The first-order valence-electron chi connectivity index (χ1n) is 10.8. The van der Waals surface area contributed by atoms with Crippen molar-refractivity contribution in [3.63, 3.8) is 0 Å². The van der Waals surface area contributed by atoms with E-state index in [9.17, 15) is 14.4 Å². The molecule has 0 aliphatic carbocycles. The van der Waals surface area contributed by atoms with Crippen LogP contribution < -0.4 is 16.4 Å². The second-order valence-corrected chi connectivity index (χ2v) is 8.92. The number of aromatic nitrogens is 2. The van der Waals surface area contributed by atoms with Gasteiger partial charge < -0.3 is 0 Å². The molecule has 2 N–H and O–H groups in total. The minimum atomic E-state index is -0.594. The zero-order valence-electron chi connectivity index (χ0n) is 18.9. The molecule has 1 heterocycles. The molecule has 0 bridgehead atoms. The molecular weight excluding hydrogens is 448 g/mol. The first kappa shape index (κ1) is 23.3. The summed E-state index contributed by atoms with van der Waals surface area (Å²) in [6, 6.07) is 22.3. The number of nitrogens with zero attached hydrogens (tertiary/aromatic N) is 2. The molecule has 172 valence electrons. The number of fused-ring (bicyclic) bond motifs is 1. The monoisotopic (exact) mass is 472 g/mol. The van der Waals surface area contributed by atoms with E-state index in [-0.39, 0.29) is 29.5 Å². The number of nitrogens with one attached hydrogen (secondary N) is 2. The third-order valence-corrected chi connectivity index (χ3v) is 6.43. The smallest absolute Gasteiger partial charge is 0.272 e. The van der Waals surface area contributed by atoms with E-state index in [1.54, 1.807) is 24.3 Å². The Bertz CT molecular complexity index is 1420. The van der Waals surface area contributed by atoms with Crippen LogP contribution in [0, 0.1) is 13.8 Å². The van der Waals surface area contributed by atoms with Gasteiger partial charge in [0.25, 0.3) is 11.5 Å². The van der Waals surface area contributed by atoms with Gasteiger partial charge >= 0.3 is 0 Å². The fourth-order valence-electron chi connectivity index (χ4n) is 3.49. The molecule has 3 aromatic carbocycles. The molecule has 4 aromatic rings. The van der Waals surface area contributed by atoms with Gasteiger partial charge in [-0.1, -0.05) is 66.2 Å². The van der Waals surface area contributed by atoms with Crippen molar-refractivity contribution < 1.29 is 9.59 Å². The summed E-state index contributed by atoms with van der Waals surface area (Å²) in [4.78, 5) is 39.3. The van der Waals surface area contributed by atoms with Crippen molar-refractivity contribution in [2.75, 3.05) is 5.75 Å². The first-order chi connectivity index (χ1) is 16.4. The van der Waals surface area contributed by atoms with Gasteiger partial charge in [0.15, 0.2) is 5.69 Å². The summed E-state index contributed by atoms with van der Waals surface area (Å²) in [5.41, 5.74) is 7.75. The lowest BCUT2D eigenvalue weighted by molar-refractivity contribution is -0.119. The number of hydrogen-bond acceptors (Lipinski definition) is 5. The highest BCUT2D eigenvalue weighted by atomic mass is 32.2. The van der Waals surface area contributed by atoms with E-state index in [1.807, 2.05) is 62.4 Å². The number of hydrogen-bond donors (Lipinski definition) is 2. The molecular formula is C26H24N4O3S. The van der Waals surface area contributed by atoms with Crippen molar-refractivity contribution in [1.29, 1.82) is 0 Å². The van der Waals surface area contributed by atoms with E-state index in [4.69, 9.17) is 0 Å². The molecule has 2 amide bonds. The number of thioether (sulfide) groups is 1. The highest BCUT2D eigenvalue weighted by molar-refractivity contribution is 8.00. The summed E-state index contributed by atoms with van der Waals surface area (Å²) in [5, 5.41) is 5.13. The second-order valence-electron chi connectivity index (χ2n) is 7.90. The number of amides is 2. The van der Waals surface area contributed by atoms with Crippen LogP contribution in [0.2, 0.25) is 0 Å². The standard InChI is InChI=1S/C26H24N4O3S/c1-17-12-13-18(2)22(14-17)34-16-23(31)27-28-25(32)24-20-10-6-7-11-21(20)26(33)30(29-24)15-19-8-4-3-5-9-19/h3-14H,15-16H2,1-2H3,(H,27,31)(H,28,32). The fraction of sp³-hybridized carbons (Fsp3) is 0.154. The maximum Gasteiger partial charge on any atom is 0.290 e. The largest absolute Gasteiger partial charge is 0.290 e. The predicted octanol–water partition coefficient (Wildman–Crippen LogP) is 3.61. The maximum absolute atomic E-state index is 12.9. The molecule has 0 unspecified atom stereocenters. The molecule has 0 saturated carbocycles. The number of rotatable bonds is 6. The van der Waals surface area contributed by atoms with Gasteiger partial charge in [0.05, 0.1) is 17.7 Å². The fourth-order valence-corrected chi connectivity index (χ4v) is 4.42. The van der Waals surface area contributed by atoms with Gasteiger partial charge in [-0.15, -0.1) is 11.8 Å². The van der Waals surface area contributed by atoms with Crippen LogP contribution in [0.25, 0.3) is 10.8 Å². The molecule has 0 spiro atoms. The average Bonchev–Trinajstić information content (AvgIpc) is 2.85. The van der Waals surface area contributed by atoms with Crippen LogP contribution in [0.15, 0.2) is 82.5 Å². The number of benzene rings is 3. The van der Waals surface area contributed by atoms with Crippen molar-refractivity contribution in [2.24, 2.45) is 0 Å². The summed E-state index contributed by atoms with van der Waals surface area (Å²) in [6.07, 6.45) is 0. The summed E-state index contributed by atoms with van der Waals surface area (Å²) in [5.74, 6) is -0.795. The molecule has 0 radical (unpaired) electrons. The molecule has 0 aliphatic heterocycles. The van der Waals surface area contributed by atoms with Gasteiger partial charge in [0, 0.05) is 10.3 Å². The zero-order chi connectivity index (χ0) is 24.1. The van der Waals surface area contributed by atoms with Crippen molar-refractivity contribution in [3.05, 3.63) is 106 Å². The number of hydrazine groups is 1. The van der Waals surface area contributed by atoms with Gasteiger partial charge in [-0.25, -0.2) is 4.68 Å². The molecule has 34 heavy (non-hydrogen) atoms. The van der Waals surface area contributed by atoms with Crippen molar-refractivity contribution in [2.45, 2.75) is 25.3 Å². The van der Waals surface area contributed by atoms with Crippen LogP contribution in [-0.2, 0) is 11.3 Å². The predicted molar refractivity (Wildman–Crippen MR) is 134 cm³/mol. The lowest BCUT2D eigenvalue weighted by Crippen LogP contribution is -2.43. The van der Waals surface area contributed by atoms with Crippen molar-refractivity contribution >= 4 is 34.3 Å². The van der Waals surface area contributed by atoms with Gasteiger partial charge in [-0.05, 0) is 37.1 Å². The molecule has 8 heteroatoms. The Balaban J connectivity index is 1.50. The highest BCUT2D eigenvalue weighted by Gasteiger charge is 2.17. The van der Waals surface area contributed by atoms with Crippen molar-refractivity contribution in [3.8, 4) is 0 Å². The van der Waals surface area contributed by atoms with E-state index in [0.717, 1.165) is 21.6 Å². The van der Waals surface area contributed by atoms with Gasteiger partial charge in [-0.3, -0.25) is 25.2 Å². The Morgan fingerprint density at radius 2 is 1.62 bits per heavy atom. The highest BCUT2D eigenvalue weighted by Crippen LogP contribution is 2.23. The third kappa shape index (κ3) is 5.35. The quantitative estimate of drug-likeness (QED) is 0.330. The Morgan fingerprint density at radius 3 is 2.38 bits per heavy atom.